The summed E-state index contributed by atoms with van der Waals surface area (Å²) in [4.78, 5) is 24.6. The Morgan fingerprint density at radius 3 is 2.31 bits per heavy atom. The van der Waals surface area contributed by atoms with Crippen molar-refractivity contribution in [2.75, 3.05) is 6.61 Å². The average molecular weight is 444 g/mol. The third-order valence-electron chi connectivity index (χ3n) is 5.53. The summed E-state index contributed by atoms with van der Waals surface area (Å²) in [6, 6.07) is 16.9. The number of hydrogen-bond donors (Lipinski definition) is 0. The van der Waals surface area contributed by atoms with Crippen LogP contribution < -0.4 is 0 Å². The minimum absolute atomic E-state index is 0.0393. The number of hydrogen-bond acceptors (Lipinski definition) is 4. The topological polar surface area (TPSA) is 52.6 Å². The number of halogens is 3. The lowest BCUT2D eigenvalue weighted by Gasteiger charge is -2.28. The molecule has 0 N–H and O–H groups in total. The van der Waals surface area contributed by atoms with Crippen LogP contribution in [0.25, 0.3) is 21.5 Å². The summed E-state index contributed by atoms with van der Waals surface area (Å²) >= 11 is 0. The molecule has 1 unspecified atom stereocenters. The molecule has 0 saturated carbocycles. The van der Waals surface area contributed by atoms with Crippen LogP contribution in [0, 0.1) is 0 Å². The number of carbonyl (C=O) groups excluding carboxylic acids is 2. The zero-order chi connectivity index (χ0) is 23.5. The van der Waals surface area contributed by atoms with E-state index in [1.807, 2.05) is 42.5 Å². The molecule has 4 nitrogen and oxygen atoms in total. The van der Waals surface area contributed by atoms with Crippen LogP contribution in [0.1, 0.15) is 37.0 Å². The van der Waals surface area contributed by atoms with E-state index in [9.17, 15) is 22.8 Å². The molecule has 0 amide bonds. The molecular weight excluding hydrogens is 421 g/mol. The van der Waals surface area contributed by atoms with Crippen molar-refractivity contribution >= 4 is 33.5 Å². The van der Waals surface area contributed by atoms with Gasteiger partial charge in [0.25, 0.3) is 0 Å². The molecule has 3 aromatic carbocycles. The standard InChI is InChI=1S/C25H23F3O4/c1-4-24(3,32-22(29)16(2)25(26,27)28)14-15-31-23(30)20-11-7-9-18-13-12-17-8-5-6-10-19(17)21(18)20/h5-13H,2,4,14-15H2,1,3H3. The molecular formula is C25H23F3O4. The molecule has 0 saturated heterocycles. The van der Waals surface area contributed by atoms with Gasteiger partial charge in [-0.3, -0.25) is 0 Å². The fraction of sp³-hybridized carbons (Fsp3) is 0.280. The third-order valence-corrected chi connectivity index (χ3v) is 5.53. The number of carbonyl (C=O) groups is 2. The first-order valence-corrected chi connectivity index (χ1v) is 10.1. The number of esters is 2. The Hall–Kier alpha value is -3.35. The molecule has 0 fully saturated rings. The van der Waals surface area contributed by atoms with E-state index in [0.717, 1.165) is 21.5 Å². The summed E-state index contributed by atoms with van der Waals surface area (Å²) in [5.74, 6) is -2.09. The van der Waals surface area contributed by atoms with Crippen LogP contribution in [-0.4, -0.2) is 30.3 Å². The van der Waals surface area contributed by atoms with E-state index in [0.29, 0.717) is 5.56 Å². The fourth-order valence-corrected chi connectivity index (χ4v) is 3.37. The highest BCUT2D eigenvalue weighted by atomic mass is 19.4. The van der Waals surface area contributed by atoms with Gasteiger partial charge in [0.15, 0.2) is 0 Å². The first-order valence-electron chi connectivity index (χ1n) is 10.1. The highest BCUT2D eigenvalue weighted by Gasteiger charge is 2.40. The van der Waals surface area contributed by atoms with E-state index in [1.54, 1.807) is 19.1 Å². The summed E-state index contributed by atoms with van der Waals surface area (Å²) in [6.45, 7) is 5.80. The van der Waals surface area contributed by atoms with Crippen LogP contribution in [0.2, 0.25) is 0 Å². The van der Waals surface area contributed by atoms with Crippen molar-refractivity contribution in [1.82, 2.24) is 0 Å². The van der Waals surface area contributed by atoms with Gasteiger partial charge in [0, 0.05) is 11.8 Å². The highest BCUT2D eigenvalue weighted by Crippen LogP contribution is 2.30. The quantitative estimate of drug-likeness (QED) is 0.241. The molecule has 0 aliphatic rings. The summed E-state index contributed by atoms with van der Waals surface area (Å²) in [5.41, 5.74) is -2.42. The Balaban J connectivity index is 1.74. The molecule has 0 aromatic heterocycles. The second kappa shape index (κ2) is 9.02. The maximum Gasteiger partial charge on any atom is 0.422 e. The van der Waals surface area contributed by atoms with Gasteiger partial charge in [-0.25, -0.2) is 9.59 Å². The molecule has 0 bridgehead atoms. The summed E-state index contributed by atoms with van der Waals surface area (Å²) in [6.07, 6.45) is -4.59. The van der Waals surface area contributed by atoms with Gasteiger partial charge in [0.05, 0.1) is 12.2 Å². The number of ether oxygens (including phenoxy) is 2. The first-order chi connectivity index (χ1) is 15.1. The van der Waals surface area contributed by atoms with E-state index < -0.39 is 29.3 Å². The van der Waals surface area contributed by atoms with Gasteiger partial charge < -0.3 is 9.47 Å². The van der Waals surface area contributed by atoms with Crippen molar-refractivity contribution in [3.8, 4) is 0 Å². The summed E-state index contributed by atoms with van der Waals surface area (Å²) in [5, 5.41) is 3.55. The van der Waals surface area contributed by atoms with Crippen LogP contribution in [0.4, 0.5) is 13.2 Å². The van der Waals surface area contributed by atoms with Crippen LogP contribution in [0.3, 0.4) is 0 Å². The zero-order valence-electron chi connectivity index (χ0n) is 17.8. The Labute approximate surface area is 183 Å². The van der Waals surface area contributed by atoms with Crippen LogP contribution in [0.15, 0.2) is 66.7 Å². The Morgan fingerprint density at radius 2 is 1.62 bits per heavy atom. The lowest BCUT2D eigenvalue weighted by atomic mass is 9.97. The average Bonchev–Trinajstić information content (AvgIpc) is 2.77. The van der Waals surface area contributed by atoms with Gasteiger partial charge in [-0.15, -0.1) is 0 Å². The molecule has 3 aromatic rings. The Kier molecular flexibility index (Phi) is 6.57. The SMILES string of the molecule is C=C(C(=O)OC(C)(CC)CCOC(=O)c1cccc2ccc3ccccc3c12)C(F)(F)F. The van der Waals surface area contributed by atoms with Crippen molar-refractivity contribution in [1.29, 1.82) is 0 Å². The minimum Gasteiger partial charge on any atom is -0.462 e. The molecule has 0 aliphatic carbocycles. The maximum absolute atomic E-state index is 12.8. The van der Waals surface area contributed by atoms with E-state index >= 15 is 0 Å². The maximum atomic E-state index is 12.8. The van der Waals surface area contributed by atoms with Crippen LogP contribution in [-0.2, 0) is 14.3 Å². The van der Waals surface area contributed by atoms with Crippen molar-refractivity contribution in [2.45, 2.75) is 38.5 Å². The smallest absolute Gasteiger partial charge is 0.422 e. The van der Waals surface area contributed by atoms with Gasteiger partial charge >= 0.3 is 18.1 Å². The molecule has 168 valence electrons. The predicted molar refractivity (Wildman–Crippen MR) is 116 cm³/mol. The third kappa shape index (κ3) is 4.93. The first kappa shape index (κ1) is 23.3. The predicted octanol–water partition coefficient (Wildman–Crippen LogP) is 6.37. The molecule has 0 heterocycles. The Bertz CT molecular complexity index is 1180. The molecule has 0 radical (unpaired) electrons. The van der Waals surface area contributed by atoms with Crippen molar-refractivity contribution in [2.24, 2.45) is 0 Å². The van der Waals surface area contributed by atoms with Crippen LogP contribution >= 0.6 is 0 Å². The highest BCUT2D eigenvalue weighted by molar-refractivity contribution is 6.16. The molecule has 3 rings (SSSR count). The normalized spacial score (nSPS) is 13.5. The molecule has 7 heteroatoms. The largest absolute Gasteiger partial charge is 0.462 e. The Morgan fingerprint density at radius 1 is 0.969 bits per heavy atom. The van der Waals surface area contributed by atoms with E-state index in [4.69, 9.17) is 9.47 Å². The summed E-state index contributed by atoms with van der Waals surface area (Å²) in [7, 11) is 0. The second-order valence-corrected chi connectivity index (χ2v) is 7.75. The van der Waals surface area contributed by atoms with Gasteiger partial charge in [-0.05, 0) is 35.6 Å². The minimum atomic E-state index is -4.87. The lowest BCUT2D eigenvalue weighted by Crippen LogP contribution is -2.35. The molecule has 32 heavy (non-hydrogen) atoms. The molecule has 1 atom stereocenters. The number of benzene rings is 3. The lowest BCUT2D eigenvalue weighted by molar-refractivity contribution is -0.165. The van der Waals surface area contributed by atoms with Crippen molar-refractivity contribution in [3.63, 3.8) is 0 Å². The van der Waals surface area contributed by atoms with Gasteiger partial charge in [-0.2, -0.15) is 13.2 Å². The van der Waals surface area contributed by atoms with Gasteiger partial charge in [-0.1, -0.05) is 62.0 Å². The zero-order valence-corrected chi connectivity index (χ0v) is 17.8. The van der Waals surface area contributed by atoms with Crippen molar-refractivity contribution < 1.29 is 32.2 Å². The van der Waals surface area contributed by atoms with E-state index in [2.05, 4.69) is 6.58 Å². The number of rotatable bonds is 7. The molecule has 0 spiro atoms. The molecule has 0 aliphatic heterocycles. The number of alkyl halides is 3. The van der Waals surface area contributed by atoms with Crippen molar-refractivity contribution in [3.05, 3.63) is 72.3 Å². The number of fused-ring (bicyclic) bond motifs is 3. The van der Waals surface area contributed by atoms with Gasteiger partial charge in [0.2, 0.25) is 0 Å². The fourth-order valence-electron chi connectivity index (χ4n) is 3.37. The van der Waals surface area contributed by atoms with Crippen LogP contribution in [0.5, 0.6) is 0 Å². The monoisotopic (exact) mass is 444 g/mol. The van der Waals surface area contributed by atoms with Gasteiger partial charge in [0.1, 0.15) is 11.2 Å². The van der Waals surface area contributed by atoms with E-state index in [1.165, 1.54) is 6.92 Å². The summed E-state index contributed by atoms with van der Waals surface area (Å²) < 4.78 is 48.5. The second-order valence-electron chi connectivity index (χ2n) is 7.75. The van der Waals surface area contributed by atoms with E-state index in [-0.39, 0.29) is 19.4 Å².